The predicted octanol–water partition coefficient (Wildman–Crippen LogP) is 2.09. The smallest absolute Gasteiger partial charge is 0.390 e. The lowest BCUT2D eigenvalue weighted by Gasteiger charge is -2.10. The number of alkyl halides is 3. The van der Waals surface area contributed by atoms with E-state index in [4.69, 9.17) is 0 Å². The summed E-state index contributed by atoms with van der Waals surface area (Å²) in [6.45, 7) is 3.00. The van der Waals surface area contributed by atoms with Crippen molar-refractivity contribution >= 4 is 21.8 Å². The largest absolute Gasteiger partial charge is 0.441 e. The van der Waals surface area contributed by atoms with Gasteiger partial charge in [-0.1, -0.05) is 0 Å². The first-order valence-electron chi connectivity index (χ1n) is 6.09. The van der Waals surface area contributed by atoms with Crippen molar-refractivity contribution in [1.82, 2.24) is 9.29 Å². The van der Waals surface area contributed by atoms with Gasteiger partial charge in [-0.3, -0.25) is 0 Å². The zero-order valence-corrected chi connectivity index (χ0v) is 13.1. The number of nitrogens with zero attached hydrogens (tertiary/aromatic N) is 1. The van der Waals surface area contributed by atoms with Crippen molar-refractivity contribution in [1.29, 1.82) is 0 Å². The van der Waals surface area contributed by atoms with Crippen molar-refractivity contribution in [2.24, 2.45) is 0 Å². The van der Waals surface area contributed by atoms with E-state index in [2.05, 4.69) is 4.72 Å². The second-order valence-electron chi connectivity index (χ2n) is 4.52. The summed E-state index contributed by atoms with van der Waals surface area (Å²) < 4.78 is 63.5. The van der Waals surface area contributed by atoms with Gasteiger partial charge in [0.2, 0.25) is 10.0 Å². The van der Waals surface area contributed by atoms with Gasteiger partial charge in [0, 0.05) is 30.2 Å². The lowest BCUT2D eigenvalue weighted by Crippen LogP contribution is -2.26. The van der Waals surface area contributed by atoms with Gasteiger partial charge in [-0.15, -0.1) is 0 Å². The topological polar surface area (TPSA) is 71.3 Å². The van der Waals surface area contributed by atoms with E-state index in [0.717, 1.165) is 0 Å². The molecule has 0 unspecified atom stereocenters. The Hall–Kier alpha value is -0.710. The normalized spacial score (nSPS) is 13.1. The molecule has 122 valence electrons. The number of aromatic nitrogens is 1. The molecule has 1 aromatic rings. The van der Waals surface area contributed by atoms with Gasteiger partial charge in [0.05, 0.1) is 11.5 Å². The average molecular weight is 346 g/mol. The lowest BCUT2D eigenvalue weighted by molar-refractivity contribution is -0.0327. The minimum absolute atomic E-state index is 0.0446. The first kappa shape index (κ1) is 18.3. The van der Waals surface area contributed by atoms with E-state index in [1.165, 1.54) is 12.3 Å². The molecule has 0 amide bonds. The van der Waals surface area contributed by atoms with Gasteiger partial charge in [-0.2, -0.15) is 13.2 Å². The number of aliphatic hydroxyl groups excluding tert-OH is 1. The van der Waals surface area contributed by atoms with Crippen molar-refractivity contribution in [2.45, 2.75) is 36.9 Å². The van der Waals surface area contributed by atoms with E-state index < -0.39 is 21.3 Å². The number of rotatable bonds is 7. The van der Waals surface area contributed by atoms with E-state index in [0.29, 0.717) is 5.69 Å². The first-order valence-corrected chi connectivity index (χ1v) is 8.55. The van der Waals surface area contributed by atoms with Crippen LogP contribution in [-0.4, -0.2) is 35.9 Å². The van der Waals surface area contributed by atoms with Gasteiger partial charge < -0.3 is 9.67 Å². The Kier molecular flexibility index (Phi) is 6.14. The highest BCUT2D eigenvalue weighted by Crippen LogP contribution is 2.29. The fourth-order valence-electron chi connectivity index (χ4n) is 1.68. The van der Waals surface area contributed by atoms with Gasteiger partial charge in [0.25, 0.3) is 0 Å². The quantitative estimate of drug-likeness (QED) is 0.742. The molecule has 0 atom stereocenters. The fourth-order valence-corrected chi connectivity index (χ4v) is 3.32. The second-order valence-corrected chi connectivity index (χ2v) is 7.45. The van der Waals surface area contributed by atoms with Crippen LogP contribution in [-0.2, 0) is 16.6 Å². The minimum Gasteiger partial charge on any atom is -0.390 e. The third kappa shape index (κ3) is 5.53. The van der Waals surface area contributed by atoms with Crippen LogP contribution in [0.1, 0.15) is 25.6 Å². The number of aliphatic hydroxyl groups is 1. The maximum absolute atomic E-state index is 12.0. The molecule has 1 heterocycles. The molecule has 0 aliphatic heterocycles. The predicted molar refractivity (Wildman–Crippen MR) is 74.4 cm³/mol. The Balaban J connectivity index is 2.75. The molecule has 0 aromatic carbocycles. The van der Waals surface area contributed by atoms with Crippen LogP contribution in [0.4, 0.5) is 13.2 Å². The van der Waals surface area contributed by atoms with Gasteiger partial charge in [0.15, 0.2) is 0 Å². The van der Waals surface area contributed by atoms with Gasteiger partial charge in [0.1, 0.15) is 0 Å². The molecule has 0 aliphatic rings. The fraction of sp³-hybridized carbons (Fsp3) is 0.636. The molecular weight excluding hydrogens is 329 g/mol. The summed E-state index contributed by atoms with van der Waals surface area (Å²) in [5.74, 6) is -0.402. The highest BCUT2D eigenvalue weighted by molar-refractivity contribution is 8.00. The monoisotopic (exact) mass is 346 g/mol. The Morgan fingerprint density at radius 2 is 2.05 bits per heavy atom. The van der Waals surface area contributed by atoms with Crippen molar-refractivity contribution in [3.63, 3.8) is 0 Å². The van der Waals surface area contributed by atoms with E-state index in [-0.39, 0.29) is 35.9 Å². The molecular formula is C11H17F3N2O3S2. The molecule has 0 radical (unpaired) electrons. The van der Waals surface area contributed by atoms with E-state index >= 15 is 0 Å². The first-order chi connectivity index (χ1) is 9.57. The Bertz CT molecular complexity index is 568. The SMILES string of the molecule is CC(C)n1cc(S(=O)(=O)NCCSC(F)(F)F)cc1CO. The minimum atomic E-state index is -4.38. The molecule has 1 aromatic heterocycles. The molecule has 0 saturated heterocycles. The zero-order chi connectivity index (χ0) is 16.3. The maximum atomic E-state index is 12.0. The molecule has 0 aliphatic carbocycles. The number of thioether (sulfide) groups is 1. The zero-order valence-electron chi connectivity index (χ0n) is 11.5. The van der Waals surface area contributed by atoms with E-state index in [1.807, 2.05) is 13.8 Å². The van der Waals surface area contributed by atoms with Crippen LogP contribution in [0, 0.1) is 0 Å². The third-order valence-corrected chi connectivity index (χ3v) is 4.76. The highest BCUT2D eigenvalue weighted by Gasteiger charge is 2.28. The number of hydrogen-bond acceptors (Lipinski definition) is 4. The molecule has 2 N–H and O–H groups in total. The summed E-state index contributed by atoms with van der Waals surface area (Å²) in [5, 5.41) is 9.19. The summed E-state index contributed by atoms with van der Waals surface area (Å²) in [7, 11) is -3.89. The van der Waals surface area contributed by atoms with Crippen LogP contribution in [0.15, 0.2) is 17.2 Å². The second kappa shape index (κ2) is 7.03. The molecule has 1 rings (SSSR count). The average Bonchev–Trinajstić information content (AvgIpc) is 2.78. The van der Waals surface area contributed by atoms with Gasteiger partial charge >= 0.3 is 5.51 Å². The molecule has 21 heavy (non-hydrogen) atoms. The van der Waals surface area contributed by atoms with Crippen LogP contribution >= 0.6 is 11.8 Å². The van der Waals surface area contributed by atoms with Crippen molar-refractivity contribution < 1.29 is 26.7 Å². The van der Waals surface area contributed by atoms with Crippen LogP contribution in [0.2, 0.25) is 0 Å². The lowest BCUT2D eigenvalue weighted by atomic mass is 10.3. The summed E-state index contributed by atoms with van der Waals surface area (Å²) in [6.07, 6.45) is 1.36. The van der Waals surface area contributed by atoms with Crippen molar-refractivity contribution in [2.75, 3.05) is 12.3 Å². The summed E-state index contributed by atoms with van der Waals surface area (Å²) in [6, 6.07) is 1.26. The number of nitrogens with one attached hydrogen (secondary N) is 1. The summed E-state index contributed by atoms with van der Waals surface area (Å²) >= 11 is -0.285. The Morgan fingerprint density at radius 3 is 2.48 bits per heavy atom. The van der Waals surface area contributed by atoms with Gasteiger partial charge in [-0.25, -0.2) is 13.1 Å². The van der Waals surface area contributed by atoms with Crippen molar-refractivity contribution in [3.8, 4) is 0 Å². The molecule has 0 spiro atoms. The Morgan fingerprint density at radius 1 is 1.43 bits per heavy atom. The van der Waals surface area contributed by atoms with Crippen molar-refractivity contribution in [3.05, 3.63) is 18.0 Å². The summed E-state index contributed by atoms with van der Waals surface area (Å²) in [5.41, 5.74) is -3.95. The summed E-state index contributed by atoms with van der Waals surface area (Å²) in [4.78, 5) is -0.0720. The van der Waals surface area contributed by atoms with Crippen LogP contribution in [0.3, 0.4) is 0 Å². The van der Waals surface area contributed by atoms with E-state index in [9.17, 15) is 26.7 Å². The van der Waals surface area contributed by atoms with Crippen LogP contribution in [0.5, 0.6) is 0 Å². The van der Waals surface area contributed by atoms with Crippen LogP contribution < -0.4 is 4.72 Å². The molecule has 5 nitrogen and oxygen atoms in total. The van der Waals surface area contributed by atoms with Crippen LogP contribution in [0.25, 0.3) is 0 Å². The standard InChI is InChI=1S/C11H17F3N2O3S2/c1-8(2)16-6-10(5-9(16)7-17)21(18,19)15-3-4-20-11(12,13)14/h5-6,8,15,17H,3-4,7H2,1-2H3. The highest BCUT2D eigenvalue weighted by atomic mass is 32.2. The number of halogens is 3. The Labute approximate surface area is 125 Å². The molecule has 10 heteroatoms. The molecule has 0 bridgehead atoms. The maximum Gasteiger partial charge on any atom is 0.441 e. The number of sulfonamides is 1. The van der Waals surface area contributed by atoms with Gasteiger partial charge in [-0.05, 0) is 31.7 Å². The molecule has 0 saturated carbocycles. The third-order valence-electron chi connectivity index (χ3n) is 2.60. The van der Waals surface area contributed by atoms with E-state index in [1.54, 1.807) is 4.57 Å². The molecule has 0 fully saturated rings. The number of hydrogen-bond donors (Lipinski definition) is 2.